The van der Waals surface area contributed by atoms with E-state index < -0.39 is 11.8 Å². The smallest absolute Gasteiger partial charge is 0.308 e. The van der Waals surface area contributed by atoms with Crippen molar-refractivity contribution in [3.05, 3.63) is 97.4 Å². The zero-order valence-corrected chi connectivity index (χ0v) is 28.7. The molecular weight excluding hydrogens is 670 g/mol. The molecule has 48 heavy (non-hydrogen) atoms. The Morgan fingerprint density at radius 1 is 0.917 bits per heavy atom. The van der Waals surface area contributed by atoms with Crippen LogP contribution in [0.3, 0.4) is 0 Å². The third kappa shape index (κ3) is 4.81. The lowest BCUT2D eigenvalue weighted by molar-refractivity contribution is -0.123. The molecule has 3 fully saturated rings. The Kier molecular flexibility index (Phi) is 7.69. The Bertz CT molecular complexity index is 2030. The number of hydrogen-bond donors (Lipinski definition) is 1. The molecule has 3 amide bonds. The molecule has 4 aromatic rings. The van der Waals surface area contributed by atoms with Gasteiger partial charge in [0.1, 0.15) is 6.54 Å². The van der Waals surface area contributed by atoms with Crippen molar-refractivity contribution in [2.45, 2.75) is 36.1 Å². The number of amides is 3. The van der Waals surface area contributed by atoms with Crippen LogP contribution in [0, 0.1) is 36.5 Å². The number of thioether (sulfide) groups is 1. The lowest BCUT2D eigenvalue weighted by Crippen LogP contribution is -2.43. The van der Waals surface area contributed by atoms with Crippen LogP contribution in [-0.2, 0) is 20.9 Å². The van der Waals surface area contributed by atoms with Crippen molar-refractivity contribution in [1.29, 1.82) is 0 Å². The molecule has 0 radical (unpaired) electrons. The van der Waals surface area contributed by atoms with E-state index in [-0.39, 0.29) is 58.1 Å². The van der Waals surface area contributed by atoms with Gasteiger partial charge in [-0.2, -0.15) is 0 Å². The molecule has 2 aliphatic carbocycles. The number of imide groups is 1. The van der Waals surface area contributed by atoms with Crippen LogP contribution in [0.4, 0.5) is 11.4 Å². The summed E-state index contributed by atoms with van der Waals surface area (Å²) in [6.07, 6.45) is 0.761. The van der Waals surface area contributed by atoms with Crippen LogP contribution in [-0.4, -0.2) is 41.8 Å². The van der Waals surface area contributed by atoms with Gasteiger partial charge in [0, 0.05) is 26.8 Å². The van der Waals surface area contributed by atoms with E-state index >= 15 is 0 Å². The molecule has 8 rings (SSSR count). The third-order valence-corrected chi connectivity index (χ3v) is 13.5. The van der Waals surface area contributed by atoms with Gasteiger partial charge in [0.05, 0.1) is 36.8 Å². The van der Waals surface area contributed by atoms with Gasteiger partial charge >= 0.3 is 4.87 Å². The molecule has 2 saturated carbocycles. The summed E-state index contributed by atoms with van der Waals surface area (Å²) in [7, 11) is 3.17. The molecule has 246 valence electrons. The SMILES string of the molecule is COc1ccc(C2c3sc(=O)n(CC(=O)Nc4ccc(Cl)cc4)c3SC3C4CC(C5C(=O)N(c6ccc(C)cc6)C(=O)C45)C23)cc1OC. The zero-order valence-electron chi connectivity index (χ0n) is 26.3. The van der Waals surface area contributed by atoms with Gasteiger partial charge in [0.25, 0.3) is 0 Å². The summed E-state index contributed by atoms with van der Waals surface area (Å²) in [6, 6.07) is 20.1. The van der Waals surface area contributed by atoms with Crippen molar-refractivity contribution in [2.24, 2.45) is 29.6 Å². The monoisotopic (exact) mass is 701 g/mol. The maximum atomic E-state index is 14.1. The van der Waals surface area contributed by atoms with Crippen molar-refractivity contribution in [1.82, 2.24) is 4.57 Å². The van der Waals surface area contributed by atoms with E-state index in [4.69, 9.17) is 21.1 Å². The van der Waals surface area contributed by atoms with E-state index in [9.17, 15) is 19.2 Å². The number of rotatable bonds is 7. The first-order valence-corrected chi connectivity index (χ1v) is 17.9. The maximum Gasteiger partial charge on any atom is 0.308 e. The lowest BCUT2D eigenvalue weighted by Gasteiger charge is -2.43. The fourth-order valence-corrected chi connectivity index (χ4v) is 11.8. The Hall–Kier alpha value is -4.06. The number of nitrogens with one attached hydrogen (secondary N) is 1. The van der Waals surface area contributed by atoms with Crippen LogP contribution in [0.25, 0.3) is 0 Å². The molecule has 7 unspecified atom stereocenters. The number of carbonyl (C=O) groups excluding carboxylic acids is 3. The number of fused-ring (bicyclic) bond motifs is 9. The number of aryl methyl sites for hydroxylation is 1. The summed E-state index contributed by atoms with van der Waals surface area (Å²) >= 11 is 8.76. The molecule has 9 nitrogen and oxygen atoms in total. The number of aromatic nitrogens is 1. The van der Waals surface area contributed by atoms with Crippen LogP contribution >= 0.6 is 34.7 Å². The van der Waals surface area contributed by atoms with Gasteiger partial charge in [-0.25, -0.2) is 0 Å². The van der Waals surface area contributed by atoms with Gasteiger partial charge in [-0.3, -0.25) is 28.6 Å². The summed E-state index contributed by atoms with van der Waals surface area (Å²) < 4.78 is 12.8. The van der Waals surface area contributed by atoms with Gasteiger partial charge in [0.2, 0.25) is 17.7 Å². The Labute approximate surface area is 290 Å². The predicted molar refractivity (Wildman–Crippen MR) is 185 cm³/mol. The summed E-state index contributed by atoms with van der Waals surface area (Å²) in [6.45, 7) is 1.82. The van der Waals surface area contributed by atoms with Crippen LogP contribution in [0.5, 0.6) is 11.5 Å². The topological polar surface area (TPSA) is 107 Å². The highest BCUT2D eigenvalue weighted by atomic mass is 35.5. The van der Waals surface area contributed by atoms with Crippen LogP contribution in [0.1, 0.15) is 28.3 Å². The third-order valence-electron chi connectivity index (χ3n) is 10.4. The fourth-order valence-electron chi connectivity index (χ4n) is 8.50. The number of ether oxygens (including phenoxy) is 2. The van der Waals surface area contributed by atoms with E-state index in [0.29, 0.717) is 27.9 Å². The second-order valence-electron chi connectivity index (χ2n) is 12.9. The van der Waals surface area contributed by atoms with Crippen LogP contribution in [0.15, 0.2) is 76.6 Å². The van der Waals surface area contributed by atoms with Gasteiger partial charge in [0.15, 0.2) is 11.5 Å². The van der Waals surface area contributed by atoms with E-state index in [1.807, 2.05) is 49.4 Å². The predicted octanol–water partition coefficient (Wildman–Crippen LogP) is 6.21. The molecular formula is C36H32ClN3O6S2. The molecule has 7 atom stereocenters. The van der Waals surface area contributed by atoms with Crippen molar-refractivity contribution in [3.8, 4) is 11.5 Å². The second kappa shape index (κ2) is 11.8. The summed E-state index contributed by atoms with van der Waals surface area (Å²) in [5.41, 5.74) is 3.19. The quantitative estimate of drug-likeness (QED) is 0.229. The fraction of sp³-hybridized carbons (Fsp3) is 0.333. The standard InChI is InChI=1S/C36H32ClN3O6S2/c1-17-4-11-21(12-5-17)40-33(42)29-22-15-23(30(29)34(40)43)31-28(22)27(18-6-13-24(45-2)25(14-18)46-3)32-35(47-31)39(36(44)48-32)16-26(41)38-20-9-7-19(37)8-10-20/h4-14,22-23,27-31H,15-16H2,1-3H3,(H,38,41). The van der Waals surface area contributed by atoms with E-state index in [2.05, 4.69) is 5.32 Å². The van der Waals surface area contributed by atoms with Crippen molar-refractivity contribution in [2.75, 3.05) is 24.4 Å². The molecule has 1 N–H and O–H groups in total. The number of benzene rings is 3. The summed E-state index contributed by atoms with van der Waals surface area (Å²) in [5, 5.41) is 4.14. The maximum absolute atomic E-state index is 14.1. The highest BCUT2D eigenvalue weighted by Crippen LogP contribution is 2.69. The normalized spacial score (nSPS) is 26.7. The van der Waals surface area contributed by atoms with Gasteiger partial charge in [-0.1, -0.05) is 46.7 Å². The minimum absolute atomic E-state index is 0.00374. The summed E-state index contributed by atoms with van der Waals surface area (Å²) in [5.74, 6) is -0.624. The number of nitrogens with zero attached hydrogens (tertiary/aromatic N) is 2. The molecule has 12 heteroatoms. The Balaban J connectivity index is 1.20. The van der Waals surface area contributed by atoms with Crippen LogP contribution < -0.4 is 24.6 Å². The number of anilines is 2. The number of methoxy groups -OCH3 is 2. The molecule has 3 heterocycles. The molecule has 1 saturated heterocycles. The average Bonchev–Trinajstić information content (AvgIpc) is 3.80. The van der Waals surface area contributed by atoms with E-state index in [1.54, 1.807) is 54.8 Å². The number of halogens is 1. The van der Waals surface area contributed by atoms with E-state index in [0.717, 1.165) is 38.8 Å². The molecule has 0 spiro atoms. The van der Waals surface area contributed by atoms with Crippen molar-refractivity contribution in [3.63, 3.8) is 0 Å². The van der Waals surface area contributed by atoms with Crippen molar-refractivity contribution < 1.29 is 23.9 Å². The van der Waals surface area contributed by atoms with Crippen LogP contribution in [0.2, 0.25) is 5.02 Å². The minimum Gasteiger partial charge on any atom is -0.493 e. The molecule has 2 aliphatic heterocycles. The first-order chi connectivity index (χ1) is 23.2. The largest absolute Gasteiger partial charge is 0.493 e. The zero-order chi connectivity index (χ0) is 33.4. The molecule has 1 aromatic heterocycles. The second-order valence-corrected chi connectivity index (χ2v) is 15.5. The van der Waals surface area contributed by atoms with Gasteiger partial charge in [-0.05, 0) is 85.2 Å². The van der Waals surface area contributed by atoms with Gasteiger partial charge in [-0.15, -0.1) is 11.8 Å². The first kappa shape index (κ1) is 31.2. The molecule has 4 aliphatic rings. The minimum atomic E-state index is -0.419. The molecule has 3 aromatic carbocycles. The first-order valence-electron chi connectivity index (χ1n) is 15.8. The highest BCUT2D eigenvalue weighted by Gasteiger charge is 2.69. The van der Waals surface area contributed by atoms with E-state index in [1.165, 1.54) is 4.90 Å². The molecule has 2 bridgehead atoms. The average molecular weight is 702 g/mol. The highest BCUT2D eigenvalue weighted by molar-refractivity contribution is 8.00. The van der Waals surface area contributed by atoms with Gasteiger partial charge < -0.3 is 14.8 Å². The number of carbonyl (C=O) groups is 3. The lowest BCUT2D eigenvalue weighted by atomic mass is 9.68. The Morgan fingerprint density at radius 2 is 1.60 bits per heavy atom. The van der Waals surface area contributed by atoms with Crippen molar-refractivity contribution >= 4 is 63.8 Å². The number of hydrogen-bond acceptors (Lipinski definition) is 8. The summed E-state index contributed by atoms with van der Waals surface area (Å²) in [4.78, 5) is 57.2. The Morgan fingerprint density at radius 3 is 2.29 bits per heavy atom. The number of thiazole rings is 1.